The summed E-state index contributed by atoms with van der Waals surface area (Å²) in [6, 6.07) is 14.6. The molecule has 5 aromatic rings. The molecule has 0 saturated carbocycles. The van der Waals surface area contributed by atoms with Gasteiger partial charge in [-0.1, -0.05) is 17.3 Å². The molecule has 162 valence electrons. The largest absolute Gasteiger partial charge is 0.487 e. The van der Waals surface area contributed by atoms with Gasteiger partial charge in [-0.3, -0.25) is 5.10 Å². The monoisotopic (exact) mass is 431 g/mol. The molecular weight excluding hydrogens is 409 g/mol. The molecule has 0 amide bonds. The third-order valence-corrected chi connectivity index (χ3v) is 5.29. The minimum atomic E-state index is -0.287. The lowest BCUT2D eigenvalue weighted by molar-refractivity contribution is 0.301. The van der Waals surface area contributed by atoms with Crippen LogP contribution < -0.4 is 4.74 Å². The third-order valence-electron chi connectivity index (χ3n) is 5.29. The molecule has 0 atom stereocenters. The molecule has 7 nitrogen and oxygen atoms in total. The number of halogens is 1. The van der Waals surface area contributed by atoms with Gasteiger partial charge in [0.25, 0.3) is 0 Å². The van der Waals surface area contributed by atoms with Gasteiger partial charge in [0, 0.05) is 17.1 Å². The van der Waals surface area contributed by atoms with Crippen molar-refractivity contribution in [2.24, 2.45) is 0 Å². The highest BCUT2D eigenvalue weighted by molar-refractivity contribution is 5.84. The van der Waals surface area contributed by atoms with Crippen molar-refractivity contribution in [3.8, 4) is 17.3 Å². The van der Waals surface area contributed by atoms with Crippen LogP contribution in [0, 0.1) is 5.82 Å². The second-order valence-electron chi connectivity index (χ2n) is 7.66. The number of ether oxygens (including phenoxy) is 1. The summed E-state index contributed by atoms with van der Waals surface area (Å²) in [5.74, 6) is 0.938. The van der Waals surface area contributed by atoms with E-state index >= 15 is 0 Å². The summed E-state index contributed by atoms with van der Waals surface area (Å²) in [6.45, 7) is 0.301. The number of unbranched alkanes of at least 4 members (excludes halogenated alkanes) is 1. The first-order valence-corrected chi connectivity index (χ1v) is 10.5. The minimum absolute atomic E-state index is 0.287. The number of fused-ring (bicyclic) bond motifs is 1. The van der Waals surface area contributed by atoms with Crippen LogP contribution in [0.3, 0.4) is 0 Å². The fourth-order valence-corrected chi connectivity index (χ4v) is 3.60. The predicted molar refractivity (Wildman–Crippen MR) is 118 cm³/mol. The maximum Gasteiger partial charge on any atom is 0.243 e. The zero-order valence-electron chi connectivity index (χ0n) is 17.3. The summed E-state index contributed by atoms with van der Waals surface area (Å²) in [6.07, 6.45) is 7.53. The van der Waals surface area contributed by atoms with Crippen molar-refractivity contribution < 1.29 is 13.5 Å². The van der Waals surface area contributed by atoms with Gasteiger partial charge in [0.05, 0.1) is 5.69 Å². The van der Waals surface area contributed by atoms with Gasteiger partial charge in [-0.05, 0) is 67.6 Å². The van der Waals surface area contributed by atoms with E-state index in [1.54, 1.807) is 12.3 Å². The fourth-order valence-electron chi connectivity index (χ4n) is 3.60. The molecule has 3 aromatic heterocycles. The van der Waals surface area contributed by atoms with Crippen LogP contribution in [0.25, 0.3) is 22.5 Å². The van der Waals surface area contributed by atoms with E-state index in [0.29, 0.717) is 29.4 Å². The number of aryl methyl sites for hydroxylation is 2. The van der Waals surface area contributed by atoms with Crippen LogP contribution in [-0.2, 0) is 19.4 Å². The Morgan fingerprint density at radius 3 is 2.69 bits per heavy atom. The first-order valence-electron chi connectivity index (χ1n) is 10.5. The van der Waals surface area contributed by atoms with Gasteiger partial charge >= 0.3 is 0 Å². The van der Waals surface area contributed by atoms with Gasteiger partial charge in [-0.2, -0.15) is 0 Å². The van der Waals surface area contributed by atoms with Gasteiger partial charge in [-0.15, -0.1) is 5.10 Å². The average Bonchev–Trinajstić information content (AvgIpc) is 3.56. The van der Waals surface area contributed by atoms with Crippen LogP contribution in [0.2, 0.25) is 0 Å². The normalized spacial score (nSPS) is 11.3. The highest BCUT2D eigenvalue weighted by Gasteiger charge is 2.11. The van der Waals surface area contributed by atoms with Gasteiger partial charge in [0.15, 0.2) is 0 Å². The Morgan fingerprint density at radius 1 is 0.969 bits per heavy atom. The molecule has 0 aliphatic rings. The van der Waals surface area contributed by atoms with E-state index in [1.807, 2.05) is 24.4 Å². The molecule has 0 spiro atoms. The zero-order chi connectivity index (χ0) is 21.8. The summed E-state index contributed by atoms with van der Waals surface area (Å²) in [7, 11) is 0. The van der Waals surface area contributed by atoms with E-state index < -0.39 is 0 Å². The van der Waals surface area contributed by atoms with Gasteiger partial charge < -0.3 is 14.1 Å². The van der Waals surface area contributed by atoms with E-state index in [0.717, 1.165) is 42.5 Å². The Morgan fingerprint density at radius 2 is 1.84 bits per heavy atom. The zero-order valence-corrected chi connectivity index (χ0v) is 17.3. The summed E-state index contributed by atoms with van der Waals surface area (Å²) >= 11 is 0. The topological polar surface area (TPSA) is 92.6 Å². The van der Waals surface area contributed by atoms with E-state index in [1.165, 1.54) is 17.7 Å². The fraction of sp³-hybridized carbons (Fsp3) is 0.208. The van der Waals surface area contributed by atoms with Crippen molar-refractivity contribution in [2.45, 2.75) is 32.3 Å². The number of aromatic amines is 2. The Bertz CT molecular complexity index is 1290. The van der Waals surface area contributed by atoms with Crippen LogP contribution in [-0.4, -0.2) is 25.4 Å². The Labute approximate surface area is 183 Å². The number of nitrogens with one attached hydrogen (secondary N) is 2. The molecule has 5 rings (SSSR count). The molecule has 0 bridgehead atoms. The van der Waals surface area contributed by atoms with E-state index in [9.17, 15) is 4.39 Å². The molecule has 3 heterocycles. The molecule has 32 heavy (non-hydrogen) atoms. The Balaban J connectivity index is 1.12. The molecule has 0 saturated heterocycles. The molecule has 0 aliphatic carbocycles. The van der Waals surface area contributed by atoms with Gasteiger partial charge in [0.2, 0.25) is 5.89 Å². The first kappa shape index (κ1) is 20.0. The quantitative estimate of drug-likeness (QED) is 0.312. The molecule has 0 fully saturated rings. The minimum Gasteiger partial charge on any atom is -0.487 e. The van der Waals surface area contributed by atoms with Gasteiger partial charge in [0.1, 0.15) is 35.8 Å². The second kappa shape index (κ2) is 9.05. The standard InChI is InChI=1S/C24H22FN5O2/c25-18-8-7-17-11-23(28-22(17)12-18)24-27-20(15-32-24)14-31-21-9-5-16(6-10-21)3-1-2-4-19-13-26-30-29-19/h5-13,15,28H,1-4,14H2,(H,26,29,30). The number of benzene rings is 2. The number of aromatic nitrogens is 5. The number of oxazole rings is 1. The van der Waals surface area contributed by atoms with Crippen LogP contribution >= 0.6 is 0 Å². The molecule has 0 unspecified atom stereocenters. The maximum absolute atomic E-state index is 13.4. The summed E-state index contributed by atoms with van der Waals surface area (Å²) in [5, 5.41) is 11.4. The second-order valence-corrected chi connectivity index (χ2v) is 7.66. The Kier molecular flexibility index (Phi) is 5.65. The molecular formula is C24H22FN5O2. The lowest BCUT2D eigenvalue weighted by atomic mass is 10.1. The number of hydrogen-bond acceptors (Lipinski definition) is 5. The smallest absolute Gasteiger partial charge is 0.243 e. The van der Waals surface area contributed by atoms with Crippen molar-refractivity contribution >= 4 is 10.9 Å². The summed E-state index contributed by atoms with van der Waals surface area (Å²) in [5.41, 5.74) is 4.36. The van der Waals surface area contributed by atoms with Crippen LogP contribution in [0.4, 0.5) is 4.39 Å². The van der Waals surface area contributed by atoms with E-state index in [-0.39, 0.29) is 5.82 Å². The third kappa shape index (κ3) is 4.69. The Hall–Kier alpha value is -3.94. The average molecular weight is 431 g/mol. The van der Waals surface area contributed by atoms with Crippen LogP contribution in [0.15, 0.2) is 65.4 Å². The molecule has 2 aromatic carbocycles. The maximum atomic E-state index is 13.4. The van der Waals surface area contributed by atoms with Crippen molar-refractivity contribution in [3.63, 3.8) is 0 Å². The summed E-state index contributed by atoms with van der Waals surface area (Å²) < 4.78 is 24.8. The molecule has 0 aliphatic heterocycles. The SMILES string of the molecule is Fc1ccc2cc(-c3nc(COc4ccc(CCCCc5c[nH]nn5)cc4)co3)[nH]c2c1. The highest BCUT2D eigenvalue weighted by Crippen LogP contribution is 2.25. The summed E-state index contributed by atoms with van der Waals surface area (Å²) in [4.78, 5) is 7.60. The van der Waals surface area contributed by atoms with Crippen molar-refractivity contribution in [2.75, 3.05) is 0 Å². The predicted octanol–water partition coefficient (Wildman–Crippen LogP) is 5.22. The lowest BCUT2D eigenvalue weighted by Gasteiger charge is -2.06. The first-order chi connectivity index (χ1) is 15.7. The number of hydrogen-bond donors (Lipinski definition) is 2. The van der Waals surface area contributed by atoms with E-state index in [4.69, 9.17) is 9.15 Å². The van der Waals surface area contributed by atoms with Crippen molar-refractivity contribution in [1.29, 1.82) is 0 Å². The molecule has 8 heteroatoms. The van der Waals surface area contributed by atoms with Crippen molar-refractivity contribution in [3.05, 3.63) is 83.8 Å². The highest BCUT2D eigenvalue weighted by atomic mass is 19.1. The lowest BCUT2D eigenvalue weighted by Crippen LogP contribution is -1.96. The molecule has 0 radical (unpaired) electrons. The number of rotatable bonds is 9. The van der Waals surface area contributed by atoms with Crippen molar-refractivity contribution in [1.82, 2.24) is 25.4 Å². The number of H-pyrrole nitrogens is 2. The van der Waals surface area contributed by atoms with E-state index in [2.05, 4.69) is 37.5 Å². The van der Waals surface area contributed by atoms with Gasteiger partial charge in [-0.25, -0.2) is 9.37 Å². The van der Waals surface area contributed by atoms with Crippen LogP contribution in [0.5, 0.6) is 5.75 Å². The number of nitrogens with zero attached hydrogens (tertiary/aromatic N) is 3. The molecule has 2 N–H and O–H groups in total. The van der Waals surface area contributed by atoms with Crippen LogP contribution in [0.1, 0.15) is 29.8 Å².